The van der Waals surface area contributed by atoms with Gasteiger partial charge in [-0.3, -0.25) is 9.78 Å². The van der Waals surface area contributed by atoms with Gasteiger partial charge in [0.25, 0.3) is 5.56 Å². The highest BCUT2D eigenvalue weighted by Gasteiger charge is 2.02. The number of hydrogen-bond donors (Lipinski definition) is 4. The molecule has 0 saturated heterocycles. The molecule has 80 valence electrons. The Kier molecular flexibility index (Phi) is 3.01. The number of rotatable bonds is 2. The molecule has 0 unspecified atom stereocenters. The van der Waals surface area contributed by atoms with Gasteiger partial charge in [-0.1, -0.05) is 0 Å². The highest BCUT2D eigenvalue weighted by Crippen LogP contribution is 1.89. The highest BCUT2D eigenvalue weighted by atomic mass is 16.2. The van der Waals surface area contributed by atoms with Crippen molar-refractivity contribution in [1.82, 2.24) is 15.4 Å². The van der Waals surface area contributed by atoms with Crippen LogP contribution in [-0.4, -0.2) is 22.2 Å². The van der Waals surface area contributed by atoms with E-state index in [0.29, 0.717) is 5.69 Å². The van der Waals surface area contributed by atoms with Gasteiger partial charge in [0.05, 0.1) is 11.8 Å². The first kappa shape index (κ1) is 10.7. The molecule has 8 nitrogen and oxygen atoms in total. The third kappa shape index (κ3) is 2.79. The van der Waals surface area contributed by atoms with Gasteiger partial charge in [0, 0.05) is 5.69 Å². The minimum atomic E-state index is -0.843. The topological polar surface area (TPSA) is 133 Å². The number of nitrogens with two attached hydrogens (primary N) is 1. The molecule has 1 heterocycles. The van der Waals surface area contributed by atoms with Crippen molar-refractivity contribution in [2.45, 2.75) is 6.92 Å². The number of hydrazone groups is 1. The van der Waals surface area contributed by atoms with Crippen molar-refractivity contribution < 1.29 is 4.79 Å². The summed E-state index contributed by atoms with van der Waals surface area (Å²) < 4.78 is 0. The molecule has 0 aliphatic heterocycles. The van der Waals surface area contributed by atoms with Gasteiger partial charge in [0.2, 0.25) is 0 Å². The fraction of sp³-hybridized carbons (Fsp3) is 0.143. The first-order chi connectivity index (χ1) is 7.00. The van der Waals surface area contributed by atoms with Gasteiger partial charge in [0.15, 0.2) is 0 Å². The standard InChI is InChI=1S/C7H9N5O3/c1-3-4(2-9-12-6(8)14)5(13)11-7(15)10-3/h2H,1H3,(H3,8,12,14)(H2,10,11,13,15)/b9-2+. The molecule has 0 aliphatic rings. The molecule has 2 amide bonds. The predicted octanol–water partition coefficient (Wildman–Crippen LogP) is -1.63. The van der Waals surface area contributed by atoms with E-state index in [0.717, 1.165) is 6.21 Å². The summed E-state index contributed by atoms with van der Waals surface area (Å²) >= 11 is 0. The van der Waals surface area contributed by atoms with Crippen molar-refractivity contribution in [3.8, 4) is 0 Å². The summed E-state index contributed by atoms with van der Waals surface area (Å²) in [6.45, 7) is 1.53. The summed E-state index contributed by atoms with van der Waals surface area (Å²) in [5.41, 5.74) is 5.97. The molecular weight excluding hydrogens is 202 g/mol. The van der Waals surface area contributed by atoms with Crippen molar-refractivity contribution in [1.29, 1.82) is 0 Å². The minimum absolute atomic E-state index is 0.142. The van der Waals surface area contributed by atoms with Crippen LogP contribution in [0.4, 0.5) is 4.79 Å². The van der Waals surface area contributed by atoms with Crippen molar-refractivity contribution in [3.05, 3.63) is 32.1 Å². The van der Waals surface area contributed by atoms with Gasteiger partial charge in [-0.05, 0) is 6.92 Å². The van der Waals surface area contributed by atoms with Crippen LogP contribution in [0, 0.1) is 6.92 Å². The van der Waals surface area contributed by atoms with E-state index in [4.69, 9.17) is 5.73 Å². The molecule has 0 fully saturated rings. The lowest BCUT2D eigenvalue weighted by Crippen LogP contribution is -2.28. The number of aromatic nitrogens is 2. The lowest BCUT2D eigenvalue weighted by molar-refractivity contribution is 0.249. The number of hydrogen-bond acceptors (Lipinski definition) is 4. The quantitative estimate of drug-likeness (QED) is 0.345. The molecule has 8 heteroatoms. The smallest absolute Gasteiger partial charge is 0.332 e. The average Bonchev–Trinajstić information content (AvgIpc) is 2.08. The van der Waals surface area contributed by atoms with Crippen LogP contribution in [0.5, 0.6) is 0 Å². The lowest BCUT2D eigenvalue weighted by Gasteiger charge is -1.96. The van der Waals surface area contributed by atoms with Crippen LogP contribution in [0.15, 0.2) is 14.7 Å². The normalized spacial score (nSPS) is 10.5. The fourth-order valence-electron chi connectivity index (χ4n) is 0.926. The summed E-state index contributed by atoms with van der Waals surface area (Å²) in [6.07, 6.45) is 1.09. The van der Waals surface area contributed by atoms with Gasteiger partial charge in [-0.2, -0.15) is 5.10 Å². The summed E-state index contributed by atoms with van der Waals surface area (Å²) in [5, 5.41) is 3.40. The Labute approximate surface area is 83.2 Å². The maximum absolute atomic E-state index is 11.2. The Balaban J connectivity index is 3.05. The number of urea groups is 1. The molecule has 0 saturated carbocycles. The maximum atomic E-state index is 11.2. The highest BCUT2D eigenvalue weighted by molar-refractivity contribution is 5.81. The number of H-pyrrole nitrogens is 2. The molecule has 1 aromatic heterocycles. The molecule has 0 aromatic carbocycles. The van der Waals surface area contributed by atoms with Crippen LogP contribution in [0.3, 0.4) is 0 Å². The fourth-order valence-corrected chi connectivity index (χ4v) is 0.926. The third-order valence-electron chi connectivity index (χ3n) is 1.55. The van der Waals surface area contributed by atoms with Crippen molar-refractivity contribution >= 4 is 12.2 Å². The molecule has 15 heavy (non-hydrogen) atoms. The zero-order chi connectivity index (χ0) is 11.4. The minimum Gasteiger partial charge on any atom is -0.350 e. The van der Waals surface area contributed by atoms with Crippen molar-refractivity contribution in [3.63, 3.8) is 0 Å². The monoisotopic (exact) mass is 211 g/mol. The molecule has 5 N–H and O–H groups in total. The van der Waals surface area contributed by atoms with Crippen LogP contribution >= 0.6 is 0 Å². The second kappa shape index (κ2) is 4.22. The van der Waals surface area contributed by atoms with Gasteiger partial charge < -0.3 is 10.7 Å². The second-order valence-electron chi connectivity index (χ2n) is 2.68. The van der Waals surface area contributed by atoms with Gasteiger partial charge >= 0.3 is 11.7 Å². The average molecular weight is 211 g/mol. The number of aromatic amines is 2. The van der Waals surface area contributed by atoms with E-state index < -0.39 is 17.3 Å². The van der Waals surface area contributed by atoms with Gasteiger partial charge in [0.1, 0.15) is 0 Å². The second-order valence-corrected chi connectivity index (χ2v) is 2.68. The van der Waals surface area contributed by atoms with Gasteiger partial charge in [-0.25, -0.2) is 15.0 Å². The number of nitrogens with one attached hydrogen (secondary N) is 3. The molecular formula is C7H9N5O3. The zero-order valence-corrected chi connectivity index (χ0v) is 7.83. The number of carbonyl (C=O) groups is 1. The summed E-state index contributed by atoms with van der Waals surface area (Å²) in [5.74, 6) is 0. The molecule has 0 atom stereocenters. The first-order valence-electron chi connectivity index (χ1n) is 3.92. The number of aryl methyl sites for hydroxylation is 1. The Bertz CT molecular complexity index is 512. The van der Waals surface area contributed by atoms with E-state index >= 15 is 0 Å². The number of amides is 2. The maximum Gasteiger partial charge on any atom is 0.332 e. The van der Waals surface area contributed by atoms with Crippen molar-refractivity contribution in [2.75, 3.05) is 0 Å². The van der Waals surface area contributed by atoms with E-state index in [-0.39, 0.29) is 5.56 Å². The number of carbonyl (C=O) groups excluding carboxylic acids is 1. The lowest BCUT2D eigenvalue weighted by atomic mass is 10.2. The Hall–Kier alpha value is -2.38. The molecule has 0 spiro atoms. The summed E-state index contributed by atoms with van der Waals surface area (Å²) in [7, 11) is 0. The van der Waals surface area contributed by atoms with Crippen LogP contribution in [0.1, 0.15) is 11.3 Å². The van der Waals surface area contributed by atoms with Crippen molar-refractivity contribution in [2.24, 2.45) is 10.8 Å². The Morgan fingerprint density at radius 2 is 2.13 bits per heavy atom. The van der Waals surface area contributed by atoms with Crippen LogP contribution < -0.4 is 22.4 Å². The SMILES string of the molecule is Cc1[nH]c(=O)[nH]c(=O)c1/C=N/NC(N)=O. The molecule has 1 rings (SSSR count). The predicted molar refractivity (Wildman–Crippen MR) is 52.7 cm³/mol. The van der Waals surface area contributed by atoms with E-state index in [9.17, 15) is 14.4 Å². The third-order valence-corrected chi connectivity index (χ3v) is 1.55. The molecule has 0 aliphatic carbocycles. The van der Waals surface area contributed by atoms with Crippen LogP contribution in [-0.2, 0) is 0 Å². The number of primary amides is 1. The molecule has 1 aromatic rings. The zero-order valence-electron chi connectivity index (χ0n) is 7.83. The number of nitrogens with zero attached hydrogens (tertiary/aromatic N) is 1. The largest absolute Gasteiger partial charge is 0.350 e. The van der Waals surface area contributed by atoms with Crippen LogP contribution in [0.25, 0.3) is 0 Å². The van der Waals surface area contributed by atoms with Crippen LogP contribution in [0.2, 0.25) is 0 Å². The summed E-state index contributed by atoms with van der Waals surface area (Å²) in [6, 6.07) is -0.843. The van der Waals surface area contributed by atoms with Gasteiger partial charge in [-0.15, -0.1) is 0 Å². The molecule has 0 radical (unpaired) electrons. The first-order valence-corrected chi connectivity index (χ1v) is 3.92. The van der Waals surface area contributed by atoms with E-state index in [1.165, 1.54) is 6.92 Å². The van der Waals surface area contributed by atoms with E-state index in [2.05, 4.69) is 10.1 Å². The molecule has 0 bridgehead atoms. The van der Waals surface area contributed by atoms with E-state index in [1.807, 2.05) is 10.4 Å². The summed E-state index contributed by atoms with van der Waals surface area (Å²) in [4.78, 5) is 36.7. The Morgan fingerprint density at radius 1 is 1.47 bits per heavy atom. The van der Waals surface area contributed by atoms with E-state index in [1.54, 1.807) is 0 Å². The Morgan fingerprint density at radius 3 is 2.67 bits per heavy atom.